The van der Waals surface area contributed by atoms with Gasteiger partial charge in [0.2, 0.25) is 0 Å². The summed E-state index contributed by atoms with van der Waals surface area (Å²) in [7, 11) is 0. The molecule has 5 heteroatoms. The monoisotopic (exact) mass is 245 g/mol. The van der Waals surface area contributed by atoms with E-state index < -0.39 is 0 Å². The van der Waals surface area contributed by atoms with E-state index in [4.69, 9.17) is 5.73 Å². The fraction of sp³-hybridized carbons (Fsp3) is 0.462. The maximum absolute atomic E-state index is 5.69. The Balaban J connectivity index is 2.54. The highest BCUT2D eigenvalue weighted by Crippen LogP contribution is 2.18. The van der Waals surface area contributed by atoms with Crippen molar-refractivity contribution in [2.75, 3.05) is 6.54 Å². The second-order valence-electron chi connectivity index (χ2n) is 4.08. The highest BCUT2D eigenvalue weighted by atomic mass is 15.4. The van der Waals surface area contributed by atoms with Crippen molar-refractivity contribution in [1.82, 2.24) is 19.7 Å². The smallest absolute Gasteiger partial charge is 0.250 e. The summed E-state index contributed by atoms with van der Waals surface area (Å²) in [4.78, 5) is 8.53. The van der Waals surface area contributed by atoms with Crippen LogP contribution in [-0.4, -0.2) is 26.3 Å². The van der Waals surface area contributed by atoms with Crippen LogP contribution in [0.5, 0.6) is 0 Å². The second kappa shape index (κ2) is 5.73. The van der Waals surface area contributed by atoms with Crippen LogP contribution in [-0.2, 0) is 19.3 Å². The Morgan fingerprint density at radius 2 is 1.89 bits per heavy atom. The summed E-state index contributed by atoms with van der Waals surface area (Å²) >= 11 is 0. The Hall–Kier alpha value is -1.75. The molecule has 0 bridgehead atoms. The van der Waals surface area contributed by atoms with Crippen molar-refractivity contribution < 1.29 is 0 Å². The van der Waals surface area contributed by atoms with Crippen molar-refractivity contribution in [1.29, 1.82) is 0 Å². The van der Waals surface area contributed by atoms with Crippen molar-refractivity contribution in [3.8, 4) is 5.95 Å². The SMILES string of the molecule is CCc1nn(-c2ncccn2)c(CC)c1CCN. The van der Waals surface area contributed by atoms with Crippen molar-refractivity contribution in [2.24, 2.45) is 5.73 Å². The molecule has 0 radical (unpaired) electrons. The predicted molar refractivity (Wildman–Crippen MR) is 70.7 cm³/mol. The van der Waals surface area contributed by atoms with Crippen LogP contribution >= 0.6 is 0 Å². The normalized spacial score (nSPS) is 10.8. The highest BCUT2D eigenvalue weighted by Gasteiger charge is 2.16. The molecule has 0 fully saturated rings. The van der Waals surface area contributed by atoms with Gasteiger partial charge in [-0.25, -0.2) is 14.6 Å². The summed E-state index contributed by atoms with van der Waals surface area (Å²) in [5.74, 6) is 0.632. The van der Waals surface area contributed by atoms with Crippen LogP contribution in [0.25, 0.3) is 5.95 Å². The van der Waals surface area contributed by atoms with E-state index in [1.165, 1.54) is 11.3 Å². The third-order valence-corrected chi connectivity index (χ3v) is 2.98. The molecular formula is C13H19N5. The maximum atomic E-state index is 5.69. The molecule has 0 saturated carbocycles. The Morgan fingerprint density at radius 3 is 2.44 bits per heavy atom. The van der Waals surface area contributed by atoms with E-state index in [9.17, 15) is 0 Å². The first-order chi connectivity index (χ1) is 8.81. The molecule has 2 rings (SSSR count). The number of rotatable bonds is 5. The minimum absolute atomic E-state index is 0.632. The Kier molecular flexibility index (Phi) is 4.04. The summed E-state index contributed by atoms with van der Waals surface area (Å²) in [6, 6.07) is 1.81. The molecule has 0 aliphatic rings. The summed E-state index contributed by atoms with van der Waals surface area (Å²) in [5, 5.41) is 4.62. The van der Waals surface area contributed by atoms with Crippen LogP contribution in [0.4, 0.5) is 0 Å². The molecule has 2 heterocycles. The van der Waals surface area contributed by atoms with Crippen molar-refractivity contribution >= 4 is 0 Å². The molecule has 0 unspecified atom stereocenters. The van der Waals surface area contributed by atoms with Crippen LogP contribution in [0, 0.1) is 0 Å². The third-order valence-electron chi connectivity index (χ3n) is 2.98. The zero-order valence-electron chi connectivity index (χ0n) is 10.9. The summed E-state index contributed by atoms with van der Waals surface area (Å²) < 4.78 is 1.85. The Morgan fingerprint density at radius 1 is 1.17 bits per heavy atom. The molecule has 0 amide bonds. The fourth-order valence-corrected chi connectivity index (χ4v) is 2.18. The lowest BCUT2D eigenvalue weighted by Gasteiger charge is -2.05. The first-order valence-corrected chi connectivity index (χ1v) is 6.38. The lowest BCUT2D eigenvalue weighted by Crippen LogP contribution is -2.08. The first-order valence-electron chi connectivity index (χ1n) is 6.38. The van der Waals surface area contributed by atoms with E-state index in [0.717, 1.165) is 25.0 Å². The van der Waals surface area contributed by atoms with Gasteiger partial charge in [0.1, 0.15) is 0 Å². The standard InChI is InChI=1S/C13H19N5/c1-3-11-10(6-7-14)12(4-2)18(17-11)13-15-8-5-9-16-13/h5,8-9H,3-4,6-7,14H2,1-2H3. The van der Waals surface area contributed by atoms with Crippen molar-refractivity contribution in [3.05, 3.63) is 35.4 Å². The number of nitrogens with zero attached hydrogens (tertiary/aromatic N) is 4. The summed E-state index contributed by atoms with van der Waals surface area (Å²) in [5.41, 5.74) is 9.22. The zero-order valence-corrected chi connectivity index (χ0v) is 10.9. The van der Waals surface area contributed by atoms with E-state index in [-0.39, 0.29) is 0 Å². The summed E-state index contributed by atoms with van der Waals surface area (Å²) in [6.45, 7) is 4.87. The van der Waals surface area contributed by atoms with E-state index in [0.29, 0.717) is 12.5 Å². The van der Waals surface area contributed by atoms with Gasteiger partial charge >= 0.3 is 0 Å². The van der Waals surface area contributed by atoms with Gasteiger partial charge in [0.15, 0.2) is 0 Å². The second-order valence-corrected chi connectivity index (χ2v) is 4.08. The molecule has 0 aliphatic heterocycles. The van der Waals surface area contributed by atoms with Gasteiger partial charge in [-0.3, -0.25) is 0 Å². The largest absolute Gasteiger partial charge is 0.330 e. The molecule has 2 aromatic heterocycles. The Bertz CT molecular complexity index is 504. The molecule has 2 aromatic rings. The van der Waals surface area contributed by atoms with Gasteiger partial charge in [-0.2, -0.15) is 5.10 Å². The molecule has 96 valence electrons. The van der Waals surface area contributed by atoms with Gasteiger partial charge in [-0.15, -0.1) is 0 Å². The number of hydrogen-bond acceptors (Lipinski definition) is 4. The zero-order chi connectivity index (χ0) is 13.0. The molecule has 0 atom stereocenters. The molecule has 2 N–H and O–H groups in total. The molecular weight excluding hydrogens is 226 g/mol. The Labute approximate surface area is 107 Å². The minimum Gasteiger partial charge on any atom is -0.330 e. The fourth-order valence-electron chi connectivity index (χ4n) is 2.18. The van der Waals surface area contributed by atoms with Crippen LogP contribution in [0.3, 0.4) is 0 Å². The molecule has 0 spiro atoms. The quantitative estimate of drug-likeness (QED) is 0.861. The van der Waals surface area contributed by atoms with Crippen LogP contribution < -0.4 is 5.73 Å². The predicted octanol–water partition coefficient (Wildman–Crippen LogP) is 1.29. The summed E-state index contributed by atoms with van der Waals surface area (Å²) in [6.07, 6.45) is 6.14. The van der Waals surface area contributed by atoms with Crippen LogP contribution in [0.1, 0.15) is 30.8 Å². The highest BCUT2D eigenvalue weighted by molar-refractivity contribution is 5.31. The molecule has 0 aliphatic carbocycles. The van der Waals surface area contributed by atoms with Crippen LogP contribution in [0.15, 0.2) is 18.5 Å². The van der Waals surface area contributed by atoms with Gasteiger partial charge in [-0.1, -0.05) is 13.8 Å². The lowest BCUT2D eigenvalue weighted by molar-refractivity contribution is 0.744. The van der Waals surface area contributed by atoms with Crippen LogP contribution in [0.2, 0.25) is 0 Å². The van der Waals surface area contributed by atoms with E-state index in [2.05, 4.69) is 28.9 Å². The molecule has 18 heavy (non-hydrogen) atoms. The van der Waals surface area contributed by atoms with Crippen molar-refractivity contribution in [3.63, 3.8) is 0 Å². The van der Waals surface area contributed by atoms with Gasteiger partial charge in [0.25, 0.3) is 5.95 Å². The minimum atomic E-state index is 0.632. The van der Waals surface area contributed by atoms with Gasteiger partial charge in [0, 0.05) is 12.4 Å². The third kappa shape index (κ3) is 2.26. The number of aromatic nitrogens is 4. The first kappa shape index (κ1) is 12.7. The molecule has 0 saturated heterocycles. The molecule has 0 aromatic carbocycles. The maximum Gasteiger partial charge on any atom is 0.250 e. The number of hydrogen-bond donors (Lipinski definition) is 1. The van der Waals surface area contributed by atoms with Gasteiger partial charge < -0.3 is 5.73 Å². The number of nitrogens with two attached hydrogens (primary N) is 1. The van der Waals surface area contributed by atoms with E-state index >= 15 is 0 Å². The number of aryl methyl sites for hydroxylation is 1. The average molecular weight is 245 g/mol. The van der Waals surface area contributed by atoms with Gasteiger partial charge in [0.05, 0.1) is 11.4 Å². The van der Waals surface area contributed by atoms with E-state index in [1.54, 1.807) is 18.5 Å². The average Bonchev–Trinajstić information content (AvgIpc) is 2.78. The molecule has 5 nitrogen and oxygen atoms in total. The van der Waals surface area contributed by atoms with Gasteiger partial charge in [-0.05, 0) is 37.4 Å². The van der Waals surface area contributed by atoms with Crippen molar-refractivity contribution in [2.45, 2.75) is 33.1 Å². The van der Waals surface area contributed by atoms with E-state index in [1.807, 2.05) is 4.68 Å². The lowest BCUT2D eigenvalue weighted by atomic mass is 10.1. The topological polar surface area (TPSA) is 69.6 Å².